The molecule has 1 saturated carbocycles. The molecule has 3 nitrogen and oxygen atoms in total. The Hall–Kier alpha value is -0.120. The first-order valence-corrected chi connectivity index (χ1v) is 7.84. The van der Waals surface area contributed by atoms with Crippen LogP contribution in [0.25, 0.3) is 0 Å². The Labute approximate surface area is 111 Å². The lowest BCUT2D eigenvalue weighted by molar-refractivity contribution is 0.0136. The third-order valence-corrected chi connectivity index (χ3v) is 5.47. The van der Waals surface area contributed by atoms with Gasteiger partial charge in [0, 0.05) is 38.3 Å². The van der Waals surface area contributed by atoms with E-state index in [2.05, 4.69) is 16.7 Å². The predicted molar refractivity (Wildman–Crippen MR) is 73.8 cm³/mol. The van der Waals surface area contributed by atoms with E-state index in [1.807, 2.05) is 7.11 Å². The molecule has 4 unspecified atom stereocenters. The predicted octanol–water partition coefficient (Wildman–Crippen LogP) is 2.11. The van der Waals surface area contributed by atoms with Gasteiger partial charge in [0.25, 0.3) is 0 Å². The van der Waals surface area contributed by atoms with Crippen molar-refractivity contribution in [3.8, 4) is 0 Å². The quantitative estimate of drug-likeness (QED) is 0.765. The van der Waals surface area contributed by atoms with Gasteiger partial charge in [0.1, 0.15) is 0 Å². The zero-order chi connectivity index (χ0) is 12.5. The van der Waals surface area contributed by atoms with E-state index in [0.717, 1.165) is 18.1 Å². The summed E-state index contributed by atoms with van der Waals surface area (Å²) >= 11 is 0. The van der Waals surface area contributed by atoms with Crippen molar-refractivity contribution in [1.82, 2.24) is 9.80 Å². The summed E-state index contributed by atoms with van der Waals surface area (Å²) in [6.07, 6.45) is 8.55. The normalized spacial score (nSPS) is 42.3. The van der Waals surface area contributed by atoms with Gasteiger partial charge >= 0.3 is 0 Å². The van der Waals surface area contributed by atoms with Gasteiger partial charge in [-0.25, -0.2) is 0 Å². The summed E-state index contributed by atoms with van der Waals surface area (Å²) in [6.45, 7) is 6.34. The number of fused-ring (bicyclic) bond motifs is 1. The number of methoxy groups -OCH3 is 1. The Bertz CT molecular complexity index is 284. The molecule has 104 valence electrons. The fraction of sp³-hybridized carbons (Fsp3) is 1.00. The molecule has 1 aliphatic carbocycles. The molecule has 2 heterocycles. The van der Waals surface area contributed by atoms with E-state index in [9.17, 15) is 0 Å². The van der Waals surface area contributed by atoms with Gasteiger partial charge in [0.2, 0.25) is 0 Å². The minimum absolute atomic E-state index is 0.522. The van der Waals surface area contributed by atoms with E-state index in [4.69, 9.17) is 4.74 Å². The summed E-state index contributed by atoms with van der Waals surface area (Å²) in [4.78, 5) is 5.58. The molecule has 2 aliphatic heterocycles. The molecule has 0 amide bonds. The molecule has 0 N–H and O–H groups in total. The van der Waals surface area contributed by atoms with Crippen LogP contribution in [0, 0.1) is 0 Å². The van der Waals surface area contributed by atoms with Gasteiger partial charge in [-0.05, 0) is 45.1 Å². The second-order valence-corrected chi connectivity index (χ2v) is 6.37. The van der Waals surface area contributed by atoms with E-state index in [1.165, 1.54) is 58.2 Å². The van der Waals surface area contributed by atoms with Crippen molar-refractivity contribution in [3.63, 3.8) is 0 Å². The maximum Gasteiger partial charge on any atom is 0.0586 e. The van der Waals surface area contributed by atoms with Crippen LogP contribution in [0.4, 0.5) is 0 Å². The molecule has 0 radical (unpaired) electrons. The molecule has 3 aliphatic rings. The summed E-state index contributed by atoms with van der Waals surface area (Å²) in [5.41, 5.74) is 0. The standard InChI is InChI=1S/C15H28N2O/c1-3-12-10-16-8-4-5-14(16)11-17(12)13-6-7-15(9-13)18-2/h12-15H,3-11H2,1-2H3. The highest BCUT2D eigenvalue weighted by Crippen LogP contribution is 2.33. The van der Waals surface area contributed by atoms with Gasteiger partial charge in [-0.1, -0.05) is 6.92 Å². The van der Waals surface area contributed by atoms with Gasteiger partial charge in [-0.3, -0.25) is 9.80 Å². The van der Waals surface area contributed by atoms with E-state index in [0.29, 0.717) is 6.10 Å². The largest absolute Gasteiger partial charge is 0.381 e. The summed E-state index contributed by atoms with van der Waals surface area (Å²) < 4.78 is 5.55. The fourth-order valence-electron chi connectivity index (χ4n) is 4.35. The maximum absolute atomic E-state index is 5.55. The van der Waals surface area contributed by atoms with Gasteiger partial charge in [0.15, 0.2) is 0 Å². The second-order valence-electron chi connectivity index (χ2n) is 6.37. The lowest BCUT2D eigenvalue weighted by Gasteiger charge is -2.46. The molecule has 18 heavy (non-hydrogen) atoms. The Morgan fingerprint density at radius 3 is 2.72 bits per heavy atom. The molecule has 0 aromatic carbocycles. The van der Waals surface area contributed by atoms with Crippen molar-refractivity contribution in [2.24, 2.45) is 0 Å². The highest BCUT2D eigenvalue weighted by molar-refractivity contribution is 4.96. The summed E-state index contributed by atoms with van der Waals surface area (Å²) in [7, 11) is 1.87. The van der Waals surface area contributed by atoms with Crippen LogP contribution in [0.1, 0.15) is 45.4 Å². The highest BCUT2D eigenvalue weighted by atomic mass is 16.5. The molecule has 3 heteroatoms. The summed E-state index contributed by atoms with van der Waals surface area (Å²) in [5.74, 6) is 0. The minimum atomic E-state index is 0.522. The van der Waals surface area contributed by atoms with Crippen molar-refractivity contribution in [1.29, 1.82) is 0 Å². The Morgan fingerprint density at radius 1 is 1.11 bits per heavy atom. The van der Waals surface area contributed by atoms with Gasteiger partial charge < -0.3 is 4.74 Å². The van der Waals surface area contributed by atoms with Crippen LogP contribution in [-0.2, 0) is 4.74 Å². The number of hydrogen-bond acceptors (Lipinski definition) is 3. The third-order valence-electron chi connectivity index (χ3n) is 5.47. The van der Waals surface area contributed by atoms with Gasteiger partial charge in [-0.2, -0.15) is 0 Å². The van der Waals surface area contributed by atoms with Crippen LogP contribution in [0.2, 0.25) is 0 Å². The van der Waals surface area contributed by atoms with Crippen LogP contribution in [0.5, 0.6) is 0 Å². The van der Waals surface area contributed by atoms with Crippen LogP contribution < -0.4 is 0 Å². The summed E-state index contributed by atoms with van der Waals surface area (Å²) in [6, 6.07) is 2.44. The lowest BCUT2D eigenvalue weighted by Crippen LogP contribution is -2.58. The van der Waals surface area contributed by atoms with Crippen LogP contribution in [0.3, 0.4) is 0 Å². The third kappa shape index (κ3) is 2.33. The Kier molecular flexibility index (Phi) is 3.92. The zero-order valence-electron chi connectivity index (χ0n) is 12.0. The topological polar surface area (TPSA) is 15.7 Å². The lowest BCUT2D eigenvalue weighted by atomic mass is 10.0. The second kappa shape index (κ2) is 5.48. The molecular weight excluding hydrogens is 224 g/mol. The van der Waals surface area contributed by atoms with E-state index < -0.39 is 0 Å². The van der Waals surface area contributed by atoms with Crippen LogP contribution >= 0.6 is 0 Å². The molecule has 0 aromatic heterocycles. The summed E-state index contributed by atoms with van der Waals surface area (Å²) in [5, 5.41) is 0. The van der Waals surface area contributed by atoms with Crippen molar-refractivity contribution in [2.45, 2.75) is 69.7 Å². The van der Waals surface area contributed by atoms with E-state index >= 15 is 0 Å². The average molecular weight is 252 g/mol. The zero-order valence-corrected chi connectivity index (χ0v) is 12.0. The number of piperazine rings is 1. The molecule has 3 fully saturated rings. The smallest absolute Gasteiger partial charge is 0.0586 e. The van der Waals surface area contributed by atoms with Crippen molar-refractivity contribution in [2.75, 3.05) is 26.7 Å². The molecule has 2 saturated heterocycles. The number of ether oxygens (including phenoxy) is 1. The number of rotatable bonds is 3. The van der Waals surface area contributed by atoms with Crippen LogP contribution in [-0.4, -0.2) is 60.8 Å². The molecule has 4 atom stereocenters. The molecule has 3 rings (SSSR count). The molecule has 0 spiro atoms. The maximum atomic E-state index is 5.55. The van der Waals surface area contributed by atoms with Crippen LogP contribution in [0.15, 0.2) is 0 Å². The van der Waals surface area contributed by atoms with Crippen molar-refractivity contribution in [3.05, 3.63) is 0 Å². The number of nitrogens with zero attached hydrogens (tertiary/aromatic N) is 2. The SMILES string of the molecule is CCC1CN2CCCC2CN1C1CCC(OC)C1. The van der Waals surface area contributed by atoms with Gasteiger partial charge in [-0.15, -0.1) is 0 Å². The van der Waals surface area contributed by atoms with Crippen molar-refractivity contribution >= 4 is 0 Å². The minimum Gasteiger partial charge on any atom is -0.381 e. The Balaban J connectivity index is 1.66. The highest BCUT2D eigenvalue weighted by Gasteiger charge is 2.40. The van der Waals surface area contributed by atoms with E-state index in [1.54, 1.807) is 0 Å². The number of hydrogen-bond donors (Lipinski definition) is 0. The molecule has 0 bridgehead atoms. The first-order chi connectivity index (χ1) is 8.81. The Morgan fingerprint density at radius 2 is 2.00 bits per heavy atom. The first kappa shape index (κ1) is 12.9. The van der Waals surface area contributed by atoms with Crippen molar-refractivity contribution < 1.29 is 4.74 Å². The molecular formula is C15H28N2O. The van der Waals surface area contributed by atoms with Gasteiger partial charge in [0.05, 0.1) is 6.10 Å². The monoisotopic (exact) mass is 252 g/mol. The van der Waals surface area contributed by atoms with E-state index in [-0.39, 0.29) is 0 Å². The first-order valence-electron chi connectivity index (χ1n) is 7.84. The fourth-order valence-corrected chi connectivity index (χ4v) is 4.35. The average Bonchev–Trinajstić information content (AvgIpc) is 3.05. The molecule has 0 aromatic rings.